The van der Waals surface area contributed by atoms with Gasteiger partial charge in [-0.25, -0.2) is 0 Å². The van der Waals surface area contributed by atoms with Crippen molar-refractivity contribution in [3.63, 3.8) is 0 Å². The molecule has 0 fully saturated rings. The molecule has 3 rings (SSSR count). The van der Waals surface area contributed by atoms with Crippen LogP contribution in [0.25, 0.3) is 16.3 Å². The molecule has 0 bridgehead atoms. The lowest BCUT2D eigenvalue weighted by molar-refractivity contribution is -0.117. The minimum atomic E-state index is -0.0733. The van der Waals surface area contributed by atoms with Gasteiger partial charge in [0.05, 0.1) is 14.2 Å². The summed E-state index contributed by atoms with van der Waals surface area (Å²) in [5.74, 6) is 1.57. The molecule has 0 aliphatic heterocycles. The Balaban J connectivity index is 1.68. The molecule has 0 saturated heterocycles. The van der Waals surface area contributed by atoms with Crippen molar-refractivity contribution >= 4 is 22.3 Å². The van der Waals surface area contributed by atoms with E-state index in [1.54, 1.807) is 26.5 Å². The number of allylic oxidation sites excluding steroid dienone is 3. The minimum Gasteiger partial charge on any atom is -0.497 e. The number of methoxy groups -OCH3 is 2. The van der Waals surface area contributed by atoms with Crippen molar-refractivity contribution in [1.82, 2.24) is 10.3 Å². The number of unbranched alkanes of at least 4 members (excludes halogenated alkanes) is 1. The third-order valence-electron chi connectivity index (χ3n) is 6.27. The molecule has 1 atom stereocenters. The lowest BCUT2D eigenvalue weighted by Crippen LogP contribution is -2.31. The van der Waals surface area contributed by atoms with E-state index in [0.717, 1.165) is 66.4 Å². The van der Waals surface area contributed by atoms with Gasteiger partial charge in [0, 0.05) is 29.9 Å². The number of hydrogen-bond acceptors (Lipinski definition) is 4. The molecule has 2 aromatic carbocycles. The first-order chi connectivity index (χ1) is 17.5. The molecule has 0 spiro atoms. The van der Waals surface area contributed by atoms with Crippen molar-refractivity contribution in [3.8, 4) is 11.5 Å². The highest BCUT2D eigenvalue weighted by atomic mass is 16.5. The number of hydrogen-bond donors (Lipinski definition) is 1. The van der Waals surface area contributed by atoms with Gasteiger partial charge >= 0.3 is 0 Å². The third-order valence-corrected chi connectivity index (χ3v) is 6.27. The Morgan fingerprint density at radius 2 is 1.97 bits per heavy atom. The number of nitrogens with one attached hydrogen (secondary N) is 1. The molecule has 3 aromatic rings. The van der Waals surface area contributed by atoms with Crippen molar-refractivity contribution in [2.45, 2.75) is 58.4 Å². The van der Waals surface area contributed by atoms with E-state index >= 15 is 0 Å². The summed E-state index contributed by atoms with van der Waals surface area (Å²) in [6.07, 6.45) is 15.2. The van der Waals surface area contributed by atoms with Gasteiger partial charge in [0.25, 0.3) is 0 Å². The van der Waals surface area contributed by atoms with E-state index in [9.17, 15) is 4.79 Å². The molecule has 5 nitrogen and oxygen atoms in total. The summed E-state index contributed by atoms with van der Waals surface area (Å²) in [7, 11) is 3.37. The fourth-order valence-corrected chi connectivity index (χ4v) is 4.26. The van der Waals surface area contributed by atoms with Crippen LogP contribution in [0.1, 0.15) is 57.1 Å². The van der Waals surface area contributed by atoms with E-state index in [1.807, 2.05) is 49.5 Å². The minimum absolute atomic E-state index is 0.0733. The van der Waals surface area contributed by atoms with Gasteiger partial charge in [-0.2, -0.15) is 0 Å². The third kappa shape index (κ3) is 7.98. The average molecular weight is 487 g/mol. The number of amides is 1. The van der Waals surface area contributed by atoms with Gasteiger partial charge in [-0.1, -0.05) is 31.6 Å². The number of benzene rings is 2. The van der Waals surface area contributed by atoms with Crippen LogP contribution in [-0.2, 0) is 11.2 Å². The summed E-state index contributed by atoms with van der Waals surface area (Å²) in [5.41, 5.74) is 3.49. The molecule has 1 heterocycles. The Morgan fingerprint density at radius 1 is 1.11 bits per heavy atom. The standard InChI is InChI=1S/C31H38N2O3/c1-5-6-13-25(26-19-27-20-28(35-3)16-17-29(27)30(21-26)36-4)14-8-15-31(34)33-23(2)10-7-11-24-12-9-18-32-22-24/h8-9,12,14-23H,5-7,10-11,13H2,1-4H3,(H,33,34)/t23-/m1/s1. The predicted molar refractivity (Wildman–Crippen MR) is 148 cm³/mol. The summed E-state index contributed by atoms with van der Waals surface area (Å²) < 4.78 is 11.1. The van der Waals surface area contributed by atoms with Gasteiger partial charge in [0.1, 0.15) is 11.5 Å². The average Bonchev–Trinajstić information content (AvgIpc) is 2.90. The lowest BCUT2D eigenvalue weighted by atomic mass is 9.96. The summed E-state index contributed by atoms with van der Waals surface area (Å²) in [4.78, 5) is 16.6. The number of carbonyl (C=O) groups excluding carboxylic acids is 1. The topological polar surface area (TPSA) is 60.5 Å². The van der Waals surface area contributed by atoms with Crippen LogP contribution in [0, 0.1) is 0 Å². The Morgan fingerprint density at radius 3 is 2.69 bits per heavy atom. The maximum atomic E-state index is 12.5. The SMILES string of the molecule is CCCCC(=CC=CC(=O)N[C@H](C)CCCc1cccnc1)c1cc(OC)c2ccc(OC)cc2c1. The Hall–Kier alpha value is -3.60. The molecule has 190 valence electrons. The van der Waals surface area contributed by atoms with E-state index in [2.05, 4.69) is 35.4 Å². The van der Waals surface area contributed by atoms with Crippen LogP contribution in [0.15, 0.2) is 73.1 Å². The molecule has 1 N–H and O–H groups in total. The second kappa shape index (κ2) is 14.1. The van der Waals surface area contributed by atoms with Gasteiger partial charge in [0.2, 0.25) is 5.91 Å². The van der Waals surface area contributed by atoms with Crippen molar-refractivity contribution in [2.24, 2.45) is 0 Å². The van der Waals surface area contributed by atoms with Gasteiger partial charge in [0.15, 0.2) is 0 Å². The number of aromatic nitrogens is 1. The number of carbonyl (C=O) groups is 1. The first-order valence-electron chi connectivity index (χ1n) is 12.8. The highest BCUT2D eigenvalue weighted by Gasteiger charge is 2.10. The van der Waals surface area contributed by atoms with Crippen molar-refractivity contribution < 1.29 is 14.3 Å². The zero-order valence-electron chi connectivity index (χ0n) is 21.9. The molecule has 1 aromatic heterocycles. The Kier molecular flexibility index (Phi) is 10.6. The number of nitrogens with zero attached hydrogens (tertiary/aromatic N) is 1. The molecule has 0 unspecified atom stereocenters. The first kappa shape index (κ1) is 27.0. The van der Waals surface area contributed by atoms with E-state index < -0.39 is 0 Å². The number of fused-ring (bicyclic) bond motifs is 1. The lowest BCUT2D eigenvalue weighted by Gasteiger charge is -2.13. The molecule has 0 saturated carbocycles. The zero-order valence-corrected chi connectivity index (χ0v) is 21.9. The highest BCUT2D eigenvalue weighted by Crippen LogP contribution is 2.34. The normalized spacial score (nSPS) is 12.6. The largest absolute Gasteiger partial charge is 0.497 e. The monoisotopic (exact) mass is 486 g/mol. The molecular weight excluding hydrogens is 448 g/mol. The number of aryl methyl sites for hydroxylation is 1. The number of ether oxygens (including phenoxy) is 2. The number of pyridine rings is 1. The summed E-state index contributed by atoms with van der Waals surface area (Å²) in [5, 5.41) is 5.18. The van der Waals surface area contributed by atoms with Gasteiger partial charge in [-0.3, -0.25) is 9.78 Å². The highest BCUT2D eigenvalue weighted by molar-refractivity contribution is 5.93. The van der Waals surface area contributed by atoms with Crippen molar-refractivity contribution in [2.75, 3.05) is 14.2 Å². The molecule has 0 aliphatic rings. The predicted octanol–water partition coefficient (Wildman–Crippen LogP) is 6.91. The van der Waals surface area contributed by atoms with Gasteiger partial charge < -0.3 is 14.8 Å². The van der Waals surface area contributed by atoms with Crippen LogP contribution in [-0.4, -0.2) is 31.2 Å². The quantitative estimate of drug-likeness (QED) is 0.211. The zero-order chi connectivity index (χ0) is 25.8. The van der Waals surface area contributed by atoms with Crippen LogP contribution in [0.2, 0.25) is 0 Å². The van der Waals surface area contributed by atoms with Gasteiger partial charge in [-0.05, 0) is 97.5 Å². The second-order valence-corrected chi connectivity index (χ2v) is 9.08. The maximum absolute atomic E-state index is 12.5. The summed E-state index contributed by atoms with van der Waals surface area (Å²) in [6.45, 7) is 4.23. The smallest absolute Gasteiger partial charge is 0.244 e. The molecule has 0 aliphatic carbocycles. The Bertz CT molecular complexity index is 1190. The molecule has 5 heteroatoms. The molecular formula is C31H38N2O3. The summed E-state index contributed by atoms with van der Waals surface area (Å²) in [6, 6.07) is 14.4. The van der Waals surface area contributed by atoms with E-state index in [4.69, 9.17) is 9.47 Å². The van der Waals surface area contributed by atoms with Crippen LogP contribution in [0.4, 0.5) is 0 Å². The van der Waals surface area contributed by atoms with Crippen molar-refractivity contribution in [3.05, 3.63) is 84.2 Å². The molecule has 1 amide bonds. The fraction of sp³-hybridized carbons (Fsp3) is 0.355. The van der Waals surface area contributed by atoms with Crippen LogP contribution < -0.4 is 14.8 Å². The Labute approximate surface area is 215 Å². The van der Waals surface area contributed by atoms with E-state index in [1.165, 1.54) is 11.1 Å². The fourth-order valence-electron chi connectivity index (χ4n) is 4.26. The maximum Gasteiger partial charge on any atom is 0.244 e. The van der Waals surface area contributed by atoms with E-state index in [-0.39, 0.29) is 11.9 Å². The van der Waals surface area contributed by atoms with Crippen LogP contribution in [0.3, 0.4) is 0 Å². The number of rotatable bonds is 13. The first-order valence-corrected chi connectivity index (χ1v) is 12.8. The van der Waals surface area contributed by atoms with Crippen LogP contribution >= 0.6 is 0 Å². The van der Waals surface area contributed by atoms with Crippen molar-refractivity contribution in [1.29, 1.82) is 0 Å². The van der Waals surface area contributed by atoms with Crippen LogP contribution in [0.5, 0.6) is 11.5 Å². The molecule has 0 radical (unpaired) electrons. The summed E-state index contributed by atoms with van der Waals surface area (Å²) >= 11 is 0. The van der Waals surface area contributed by atoms with Gasteiger partial charge in [-0.15, -0.1) is 0 Å². The van der Waals surface area contributed by atoms with E-state index in [0.29, 0.717) is 0 Å². The second-order valence-electron chi connectivity index (χ2n) is 9.08. The molecule has 36 heavy (non-hydrogen) atoms.